The number of rotatable bonds is 8. The number of aromatic nitrogens is 1. The minimum absolute atomic E-state index is 0.0157. The average molecular weight is 632 g/mol. The number of aliphatic carboxylic acids is 1. The second-order valence-corrected chi connectivity index (χ2v) is 11.3. The predicted octanol–water partition coefficient (Wildman–Crippen LogP) is 5.11. The number of benzene rings is 1. The number of thiazole rings is 1. The summed E-state index contributed by atoms with van der Waals surface area (Å²) in [6.07, 6.45) is 1.48. The van der Waals surface area contributed by atoms with Crippen LogP contribution in [0.15, 0.2) is 56.6 Å². The number of carboxylic acid groups (broad SMARTS) is 1. The maximum absolute atomic E-state index is 14.8. The molecule has 3 heterocycles. The fourth-order valence-electron chi connectivity index (χ4n) is 4.42. The molecule has 212 valence electrons. The monoisotopic (exact) mass is 630 g/mol. The molecule has 1 saturated heterocycles. The Bertz CT molecular complexity index is 1220. The number of likely N-dealkylation sites (tertiary alicyclic amines) is 1. The maximum Gasteiger partial charge on any atom is 0.337 e. The molecule has 1 atom stereocenters. The zero-order chi connectivity index (χ0) is 28.8. The Kier molecular flexibility index (Phi) is 10.3. The van der Waals surface area contributed by atoms with Crippen molar-refractivity contribution >= 4 is 45.0 Å². The fraction of sp³-hybridized carbons (Fsp3) is 0.462. The number of carboxylic acids is 1. The summed E-state index contributed by atoms with van der Waals surface area (Å²) in [5.74, 6) is -4.35. The zero-order valence-electron chi connectivity index (χ0n) is 21.7. The number of nitrogens with zero attached hydrogens (tertiary/aromatic N) is 3. The third-order valence-corrected chi connectivity index (χ3v) is 7.86. The largest absolute Gasteiger partial charge is 0.481 e. The van der Waals surface area contributed by atoms with Gasteiger partial charge in [0.25, 0.3) is 5.92 Å². The highest BCUT2D eigenvalue weighted by atomic mass is 79.9. The summed E-state index contributed by atoms with van der Waals surface area (Å²) in [4.78, 5) is 33.7. The van der Waals surface area contributed by atoms with Gasteiger partial charge in [-0.2, -0.15) is 0 Å². The Hall–Kier alpha value is -2.77. The molecule has 0 radical (unpaired) electrons. The van der Waals surface area contributed by atoms with Gasteiger partial charge in [-0.1, -0.05) is 35.8 Å². The highest BCUT2D eigenvalue weighted by molar-refractivity contribution is 9.10. The average Bonchev–Trinajstić information content (AvgIpc) is 3.44. The smallest absolute Gasteiger partial charge is 0.337 e. The number of aliphatic imine (C=N–C) groups is 1. The molecule has 0 unspecified atom stereocenters. The van der Waals surface area contributed by atoms with Crippen LogP contribution in [-0.2, 0) is 14.3 Å². The summed E-state index contributed by atoms with van der Waals surface area (Å²) in [6, 6.07) is 5.58. The molecule has 0 amide bonds. The molecule has 4 rings (SSSR count). The lowest BCUT2D eigenvalue weighted by atomic mass is 9.80. The van der Waals surface area contributed by atoms with Gasteiger partial charge >= 0.3 is 11.9 Å². The summed E-state index contributed by atoms with van der Waals surface area (Å²) in [7, 11) is 0. The van der Waals surface area contributed by atoms with Crippen molar-refractivity contribution in [3.8, 4) is 0 Å². The maximum atomic E-state index is 14.8. The van der Waals surface area contributed by atoms with E-state index in [9.17, 15) is 22.8 Å². The van der Waals surface area contributed by atoms with Crippen molar-refractivity contribution in [2.45, 2.75) is 45.6 Å². The van der Waals surface area contributed by atoms with Gasteiger partial charge in [0.2, 0.25) is 0 Å². The minimum atomic E-state index is -3.01. The number of alkyl halides is 2. The van der Waals surface area contributed by atoms with E-state index in [-0.39, 0.29) is 43.9 Å². The molecular weight excluding hydrogens is 601 g/mol. The first-order valence-corrected chi connectivity index (χ1v) is 13.9. The summed E-state index contributed by atoms with van der Waals surface area (Å²) < 4.78 is 47.7. The molecule has 0 saturated carbocycles. The van der Waals surface area contributed by atoms with Crippen molar-refractivity contribution in [1.82, 2.24) is 15.2 Å². The first-order valence-electron chi connectivity index (χ1n) is 12.2. The zero-order valence-corrected chi connectivity index (χ0v) is 24.1. The van der Waals surface area contributed by atoms with Crippen molar-refractivity contribution in [3.05, 3.63) is 62.4 Å². The third-order valence-electron chi connectivity index (χ3n) is 6.58. The standard InChI is InChI=1S/C20H26F2N4O4S.C6H4BrF/c1-4-30-18(29)12-9-24-16(17-23-7-8-31-17)25-13(12)10-26-11-20(21,22)19(2,3)14(26)5-6-15(27)28;7-5-2-1-3-6(8)4-5/h7-8,14H,4-6,9-11H2,1-3H3,(H,24,25)(H,27,28);1-4H/t14-;/m0./s1. The number of amidine groups is 1. The van der Waals surface area contributed by atoms with Crippen molar-refractivity contribution < 1.29 is 32.6 Å². The van der Waals surface area contributed by atoms with Gasteiger partial charge in [0.1, 0.15) is 5.82 Å². The van der Waals surface area contributed by atoms with Gasteiger partial charge in [0.05, 0.1) is 25.3 Å². The first-order chi connectivity index (χ1) is 18.4. The van der Waals surface area contributed by atoms with E-state index in [1.165, 1.54) is 37.3 Å². The van der Waals surface area contributed by atoms with Crippen LogP contribution in [-0.4, -0.2) is 71.0 Å². The van der Waals surface area contributed by atoms with Crippen LogP contribution in [0.25, 0.3) is 0 Å². The Morgan fingerprint density at radius 1 is 1.33 bits per heavy atom. The van der Waals surface area contributed by atoms with E-state index in [4.69, 9.17) is 9.84 Å². The molecule has 1 aromatic carbocycles. The Morgan fingerprint density at radius 3 is 2.64 bits per heavy atom. The minimum Gasteiger partial charge on any atom is -0.481 e. The molecule has 2 N–H and O–H groups in total. The third kappa shape index (κ3) is 7.67. The van der Waals surface area contributed by atoms with Crippen LogP contribution in [0.3, 0.4) is 0 Å². The molecule has 0 bridgehead atoms. The first kappa shape index (κ1) is 30.8. The number of carbonyl (C=O) groups excluding carboxylic acids is 1. The molecule has 1 aromatic heterocycles. The van der Waals surface area contributed by atoms with Crippen LogP contribution in [0.5, 0.6) is 0 Å². The van der Waals surface area contributed by atoms with E-state index in [2.05, 4.69) is 31.2 Å². The molecule has 0 aliphatic carbocycles. The van der Waals surface area contributed by atoms with Gasteiger partial charge in [-0.15, -0.1) is 11.3 Å². The SMILES string of the molecule is CCOC(=O)C1=C(CN2CC(F)(F)C(C)(C)[C@@H]2CCC(=O)O)NC(c2nccs2)=NC1.Fc1cccc(Br)c1. The quantitative estimate of drug-likeness (QED) is 0.391. The second-order valence-electron chi connectivity index (χ2n) is 9.52. The molecule has 2 aliphatic rings. The van der Waals surface area contributed by atoms with Gasteiger partial charge in [-0.05, 0) is 31.5 Å². The fourth-order valence-corrected chi connectivity index (χ4v) is 5.39. The molecule has 13 heteroatoms. The topological polar surface area (TPSA) is 104 Å². The van der Waals surface area contributed by atoms with Gasteiger partial charge in [-0.25, -0.2) is 22.9 Å². The van der Waals surface area contributed by atoms with Crippen LogP contribution in [0.4, 0.5) is 13.2 Å². The molecule has 2 aliphatic heterocycles. The van der Waals surface area contributed by atoms with E-state index in [1.807, 2.05) is 0 Å². The molecule has 0 spiro atoms. The van der Waals surface area contributed by atoms with Gasteiger partial charge in [-0.3, -0.25) is 14.7 Å². The van der Waals surface area contributed by atoms with Crippen molar-refractivity contribution in [1.29, 1.82) is 0 Å². The van der Waals surface area contributed by atoms with E-state index in [1.54, 1.807) is 35.5 Å². The van der Waals surface area contributed by atoms with Crippen molar-refractivity contribution in [2.24, 2.45) is 10.4 Å². The van der Waals surface area contributed by atoms with Crippen LogP contribution >= 0.6 is 27.3 Å². The van der Waals surface area contributed by atoms with Crippen molar-refractivity contribution in [2.75, 3.05) is 26.2 Å². The molecule has 8 nitrogen and oxygen atoms in total. The number of hydrogen-bond donors (Lipinski definition) is 2. The van der Waals surface area contributed by atoms with E-state index >= 15 is 0 Å². The number of carbonyl (C=O) groups is 2. The number of halogens is 4. The summed E-state index contributed by atoms with van der Waals surface area (Å²) in [5, 5.41) is 14.6. The summed E-state index contributed by atoms with van der Waals surface area (Å²) in [6.45, 7) is 4.30. The van der Waals surface area contributed by atoms with Crippen LogP contribution in [0.2, 0.25) is 0 Å². The lowest BCUT2D eigenvalue weighted by Crippen LogP contribution is -2.43. The predicted molar refractivity (Wildman–Crippen MR) is 145 cm³/mol. The number of nitrogens with one attached hydrogen (secondary N) is 1. The normalized spacial score (nSPS) is 20.0. The van der Waals surface area contributed by atoms with Gasteiger partial charge in [0, 0.05) is 46.2 Å². The van der Waals surface area contributed by atoms with Crippen LogP contribution < -0.4 is 5.32 Å². The summed E-state index contributed by atoms with van der Waals surface area (Å²) in [5.41, 5.74) is -0.729. The van der Waals surface area contributed by atoms with Crippen molar-refractivity contribution in [3.63, 3.8) is 0 Å². The summed E-state index contributed by atoms with van der Waals surface area (Å²) >= 11 is 4.49. The second kappa shape index (κ2) is 13.1. The van der Waals surface area contributed by atoms with Gasteiger partial charge < -0.3 is 15.2 Å². The highest BCUT2D eigenvalue weighted by Crippen LogP contribution is 2.49. The van der Waals surface area contributed by atoms with Gasteiger partial charge in [0.15, 0.2) is 10.8 Å². The highest BCUT2D eigenvalue weighted by Gasteiger charge is 2.60. The van der Waals surface area contributed by atoms with E-state index in [0.717, 1.165) is 4.47 Å². The number of ether oxygens (including phenoxy) is 1. The lowest BCUT2D eigenvalue weighted by molar-refractivity contribution is -0.139. The molecule has 1 fully saturated rings. The molecule has 39 heavy (non-hydrogen) atoms. The molecular formula is C26H30BrF3N4O4S. The lowest BCUT2D eigenvalue weighted by Gasteiger charge is -2.34. The van der Waals surface area contributed by atoms with E-state index < -0.39 is 35.9 Å². The Balaban J connectivity index is 0.000000449. The van der Waals surface area contributed by atoms with E-state index in [0.29, 0.717) is 16.5 Å². The van der Waals surface area contributed by atoms with Crippen LogP contribution in [0.1, 0.15) is 38.6 Å². The Labute approximate surface area is 237 Å². The van der Waals surface area contributed by atoms with Crippen LogP contribution in [0, 0.1) is 11.2 Å². The number of hydrogen-bond acceptors (Lipinski definition) is 8. The molecule has 2 aromatic rings. The Morgan fingerprint density at radius 2 is 2.08 bits per heavy atom. The number of esters is 1.